The van der Waals surface area contributed by atoms with Gasteiger partial charge in [-0.15, -0.1) is 0 Å². The summed E-state index contributed by atoms with van der Waals surface area (Å²) >= 11 is 0. The van der Waals surface area contributed by atoms with Gasteiger partial charge in [0, 0.05) is 12.0 Å². The second-order valence-corrected chi connectivity index (χ2v) is 6.23. The summed E-state index contributed by atoms with van der Waals surface area (Å²) in [5.74, 6) is 0.936. The smallest absolute Gasteiger partial charge is 0.321 e. The second-order valence-electron chi connectivity index (χ2n) is 6.23. The number of carbonyl (C=O) groups is 1. The Labute approximate surface area is 110 Å². The minimum absolute atomic E-state index is 0.157. The van der Waals surface area contributed by atoms with Crippen molar-refractivity contribution in [2.45, 2.75) is 50.5 Å². The number of carboxylic acid groups (broad SMARTS) is 1. The molecule has 6 heteroatoms. The fourth-order valence-corrected chi connectivity index (χ4v) is 3.57. The molecule has 19 heavy (non-hydrogen) atoms. The minimum Gasteiger partial charge on any atom is -0.481 e. The molecule has 3 saturated carbocycles. The van der Waals surface area contributed by atoms with Crippen molar-refractivity contribution in [3.63, 3.8) is 0 Å². The molecule has 6 nitrogen and oxygen atoms in total. The summed E-state index contributed by atoms with van der Waals surface area (Å²) in [5.41, 5.74) is -0.464. The van der Waals surface area contributed by atoms with Crippen LogP contribution < -0.4 is 5.32 Å². The van der Waals surface area contributed by atoms with Crippen molar-refractivity contribution in [2.24, 2.45) is 11.3 Å². The summed E-state index contributed by atoms with van der Waals surface area (Å²) in [4.78, 5) is 15.6. The predicted molar refractivity (Wildman–Crippen MR) is 65.7 cm³/mol. The summed E-state index contributed by atoms with van der Waals surface area (Å²) in [6.07, 6.45) is 5.94. The average molecular weight is 263 g/mol. The lowest BCUT2D eigenvalue weighted by Gasteiger charge is -2.21. The summed E-state index contributed by atoms with van der Waals surface area (Å²) < 4.78 is 5.21. The van der Waals surface area contributed by atoms with Gasteiger partial charge in [0.15, 0.2) is 5.82 Å². The highest BCUT2D eigenvalue weighted by molar-refractivity contribution is 5.79. The van der Waals surface area contributed by atoms with Crippen LogP contribution in [0.15, 0.2) is 4.52 Å². The zero-order valence-electron chi connectivity index (χ0n) is 10.6. The molecular formula is C13H17N3O3. The standard InChI is InChI=1S/C13H17N3O3/c17-11(18)13-5-8(13)4-9(6-13)14-12-15-10(16-19-12)7-2-1-3-7/h7-9H,1-6H2,(H,17,18)(H,14,15,16)/t8-,9+,13+/m1/s1. The molecular weight excluding hydrogens is 246 g/mol. The molecule has 1 aromatic heterocycles. The first-order chi connectivity index (χ1) is 9.17. The first kappa shape index (κ1) is 11.3. The third kappa shape index (κ3) is 1.65. The Morgan fingerprint density at radius 3 is 2.89 bits per heavy atom. The fraction of sp³-hybridized carbons (Fsp3) is 0.769. The Bertz CT molecular complexity index is 525. The number of nitrogens with one attached hydrogen (secondary N) is 1. The first-order valence-corrected chi connectivity index (χ1v) is 7.01. The number of nitrogens with zero attached hydrogens (tertiary/aromatic N) is 2. The van der Waals surface area contributed by atoms with Crippen LogP contribution in [-0.4, -0.2) is 27.3 Å². The summed E-state index contributed by atoms with van der Waals surface area (Å²) in [7, 11) is 0. The van der Waals surface area contributed by atoms with Crippen LogP contribution in [0.4, 0.5) is 6.01 Å². The highest BCUT2D eigenvalue weighted by Crippen LogP contribution is 2.63. The first-order valence-electron chi connectivity index (χ1n) is 7.01. The number of rotatable bonds is 4. The lowest BCUT2D eigenvalue weighted by Crippen LogP contribution is -2.22. The van der Waals surface area contributed by atoms with Gasteiger partial charge in [0.05, 0.1) is 5.41 Å². The Kier molecular flexibility index (Phi) is 2.20. The molecule has 0 aromatic carbocycles. The van der Waals surface area contributed by atoms with Gasteiger partial charge < -0.3 is 14.9 Å². The van der Waals surface area contributed by atoms with Gasteiger partial charge >= 0.3 is 12.0 Å². The molecule has 0 radical (unpaired) electrons. The van der Waals surface area contributed by atoms with E-state index in [2.05, 4.69) is 15.5 Å². The van der Waals surface area contributed by atoms with Crippen molar-refractivity contribution in [1.82, 2.24) is 10.1 Å². The van der Waals surface area contributed by atoms with Gasteiger partial charge in [0.2, 0.25) is 0 Å². The fourth-order valence-electron chi connectivity index (χ4n) is 3.57. The maximum Gasteiger partial charge on any atom is 0.321 e. The third-order valence-electron chi connectivity index (χ3n) is 5.08. The molecule has 0 amide bonds. The quantitative estimate of drug-likeness (QED) is 0.863. The maximum absolute atomic E-state index is 11.2. The van der Waals surface area contributed by atoms with Gasteiger partial charge in [0.25, 0.3) is 0 Å². The molecule has 3 fully saturated rings. The molecule has 3 aliphatic rings. The monoisotopic (exact) mass is 263 g/mol. The number of hydrogen-bond acceptors (Lipinski definition) is 5. The largest absolute Gasteiger partial charge is 0.481 e. The van der Waals surface area contributed by atoms with E-state index in [1.807, 2.05) is 0 Å². The van der Waals surface area contributed by atoms with E-state index in [9.17, 15) is 9.90 Å². The van der Waals surface area contributed by atoms with Gasteiger partial charge in [-0.3, -0.25) is 4.79 Å². The average Bonchev–Trinajstić information content (AvgIpc) is 2.68. The van der Waals surface area contributed by atoms with E-state index in [-0.39, 0.29) is 6.04 Å². The van der Waals surface area contributed by atoms with Crippen LogP contribution in [0.3, 0.4) is 0 Å². The van der Waals surface area contributed by atoms with Crippen LogP contribution in [0.1, 0.15) is 50.3 Å². The second kappa shape index (κ2) is 3.71. The van der Waals surface area contributed by atoms with Crippen LogP contribution in [0, 0.1) is 11.3 Å². The van der Waals surface area contributed by atoms with Gasteiger partial charge in [0.1, 0.15) is 0 Å². The van der Waals surface area contributed by atoms with Crippen molar-refractivity contribution in [2.75, 3.05) is 5.32 Å². The highest BCUT2D eigenvalue weighted by Gasteiger charge is 2.65. The minimum atomic E-state index is -0.650. The molecule has 102 valence electrons. The molecule has 1 aromatic rings. The van der Waals surface area contributed by atoms with E-state index in [4.69, 9.17) is 4.52 Å². The lowest BCUT2D eigenvalue weighted by molar-refractivity contribution is -0.143. The Morgan fingerprint density at radius 2 is 2.26 bits per heavy atom. The number of aliphatic carboxylic acids is 1. The van der Waals surface area contributed by atoms with Gasteiger partial charge in [-0.05, 0) is 38.0 Å². The Hall–Kier alpha value is -1.59. The normalized spacial score (nSPS) is 36.6. The van der Waals surface area contributed by atoms with E-state index in [1.165, 1.54) is 6.42 Å². The van der Waals surface area contributed by atoms with Crippen molar-refractivity contribution >= 4 is 12.0 Å². The molecule has 4 rings (SSSR count). The van der Waals surface area contributed by atoms with E-state index in [1.54, 1.807) is 0 Å². The van der Waals surface area contributed by atoms with Crippen LogP contribution in [0.5, 0.6) is 0 Å². The molecule has 3 atom stereocenters. The molecule has 2 N–H and O–H groups in total. The van der Waals surface area contributed by atoms with Crippen LogP contribution in [0.25, 0.3) is 0 Å². The van der Waals surface area contributed by atoms with Crippen molar-refractivity contribution in [3.8, 4) is 0 Å². The summed E-state index contributed by atoms with van der Waals surface area (Å²) in [6.45, 7) is 0. The number of aromatic nitrogens is 2. The summed E-state index contributed by atoms with van der Waals surface area (Å²) in [6, 6.07) is 0.610. The molecule has 3 aliphatic carbocycles. The van der Waals surface area contributed by atoms with Gasteiger partial charge in [-0.25, -0.2) is 0 Å². The van der Waals surface area contributed by atoms with Crippen molar-refractivity contribution < 1.29 is 14.4 Å². The number of carboxylic acids is 1. The van der Waals surface area contributed by atoms with Crippen LogP contribution >= 0.6 is 0 Å². The lowest BCUT2D eigenvalue weighted by atomic mass is 9.85. The molecule has 0 unspecified atom stereocenters. The topological polar surface area (TPSA) is 88.2 Å². The van der Waals surface area contributed by atoms with E-state index >= 15 is 0 Å². The van der Waals surface area contributed by atoms with Gasteiger partial charge in [-0.1, -0.05) is 11.6 Å². The molecule has 0 spiro atoms. The van der Waals surface area contributed by atoms with Crippen LogP contribution in [0.2, 0.25) is 0 Å². The van der Waals surface area contributed by atoms with Crippen molar-refractivity contribution in [3.05, 3.63) is 5.82 Å². The molecule has 0 bridgehead atoms. The van der Waals surface area contributed by atoms with Crippen molar-refractivity contribution in [1.29, 1.82) is 0 Å². The zero-order chi connectivity index (χ0) is 13.0. The summed E-state index contributed by atoms with van der Waals surface area (Å²) in [5, 5.41) is 16.4. The maximum atomic E-state index is 11.2. The SMILES string of the molecule is O=C(O)[C@@]12C[C@@H](Nc3nc(C4CCC4)no3)C[C@@H]1C2. The Morgan fingerprint density at radius 1 is 1.42 bits per heavy atom. The predicted octanol–water partition coefficient (Wildman–Crippen LogP) is 2.00. The number of fused-ring (bicyclic) bond motifs is 1. The Balaban J connectivity index is 1.40. The molecule has 0 saturated heterocycles. The highest BCUT2D eigenvalue weighted by atomic mass is 16.5. The van der Waals surface area contributed by atoms with E-state index in [0.29, 0.717) is 24.3 Å². The van der Waals surface area contributed by atoms with Gasteiger partial charge in [-0.2, -0.15) is 4.98 Å². The number of hydrogen-bond donors (Lipinski definition) is 2. The van der Waals surface area contributed by atoms with E-state index < -0.39 is 11.4 Å². The zero-order valence-corrected chi connectivity index (χ0v) is 10.6. The molecule has 0 aliphatic heterocycles. The molecule has 1 heterocycles. The van der Waals surface area contributed by atoms with E-state index in [0.717, 1.165) is 31.5 Å². The number of anilines is 1. The van der Waals surface area contributed by atoms with Crippen LogP contribution in [-0.2, 0) is 4.79 Å². The third-order valence-corrected chi connectivity index (χ3v) is 5.08.